The van der Waals surface area contributed by atoms with E-state index in [1.165, 1.54) is 6.42 Å². The lowest BCUT2D eigenvalue weighted by atomic mass is 9.88. The van der Waals surface area contributed by atoms with E-state index in [4.69, 9.17) is 11.6 Å². The third-order valence-corrected chi connectivity index (χ3v) is 4.41. The second kappa shape index (κ2) is 5.81. The molecule has 108 valence electrons. The monoisotopic (exact) mass is 285 g/mol. The summed E-state index contributed by atoms with van der Waals surface area (Å²) in [6.45, 7) is 7.34. The maximum Gasteiger partial charge on any atom is 0.132 e. The van der Waals surface area contributed by atoms with E-state index in [1.54, 1.807) is 4.68 Å². The summed E-state index contributed by atoms with van der Waals surface area (Å²) in [6.07, 6.45) is 1.56. The molecule has 0 spiro atoms. The number of rotatable bonds is 3. The smallest absolute Gasteiger partial charge is 0.132 e. The quantitative estimate of drug-likeness (QED) is 0.898. The molecule has 19 heavy (non-hydrogen) atoms. The minimum absolute atomic E-state index is 0.0722. The lowest BCUT2D eigenvalue weighted by Gasteiger charge is -2.32. The zero-order valence-corrected chi connectivity index (χ0v) is 12.9. The highest BCUT2D eigenvalue weighted by molar-refractivity contribution is 6.30. The molecule has 2 rings (SSSR count). The van der Waals surface area contributed by atoms with Crippen molar-refractivity contribution in [3.8, 4) is 0 Å². The Labute approximate surface area is 120 Å². The summed E-state index contributed by atoms with van der Waals surface area (Å²) in [5.41, 5.74) is 1.70. The van der Waals surface area contributed by atoms with E-state index in [1.807, 2.05) is 7.05 Å². The van der Waals surface area contributed by atoms with Gasteiger partial charge in [0.05, 0.1) is 11.8 Å². The Kier molecular flexibility index (Phi) is 4.54. The van der Waals surface area contributed by atoms with Gasteiger partial charge in [-0.1, -0.05) is 32.4 Å². The molecule has 1 aliphatic rings. The van der Waals surface area contributed by atoms with Crippen LogP contribution in [0.1, 0.15) is 56.9 Å². The second-order valence-electron chi connectivity index (χ2n) is 6.00. The molecule has 0 amide bonds. The van der Waals surface area contributed by atoms with Crippen molar-refractivity contribution in [1.82, 2.24) is 15.1 Å². The van der Waals surface area contributed by atoms with Gasteiger partial charge in [0.25, 0.3) is 0 Å². The van der Waals surface area contributed by atoms with Crippen molar-refractivity contribution in [3.05, 3.63) is 16.4 Å². The number of aliphatic hydroxyl groups is 1. The van der Waals surface area contributed by atoms with Crippen LogP contribution in [0.25, 0.3) is 0 Å². The predicted molar refractivity (Wildman–Crippen MR) is 77.5 cm³/mol. The molecule has 1 saturated heterocycles. The van der Waals surface area contributed by atoms with Crippen molar-refractivity contribution >= 4 is 11.6 Å². The molecular formula is C14H24ClN3O. The van der Waals surface area contributed by atoms with E-state index in [9.17, 15) is 5.11 Å². The van der Waals surface area contributed by atoms with Crippen molar-refractivity contribution in [2.45, 2.75) is 51.7 Å². The van der Waals surface area contributed by atoms with Crippen LogP contribution in [0.2, 0.25) is 5.15 Å². The molecule has 3 unspecified atom stereocenters. The van der Waals surface area contributed by atoms with E-state index in [-0.39, 0.29) is 12.0 Å². The van der Waals surface area contributed by atoms with E-state index >= 15 is 0 Å². The van der Waals surface area contributed by atoms with Gasteiger partial charge in [0, 0.05) is 18.7 Å². The molecule has 4 nitrogen and oxygen atoms in total. The maximum atomic E-state index is 10.7. The molecule has 0 radical (unpaired) electrons. The van der Waals surface area contributed by atoms with Gasteiger partial charge >= 0.3 is 0 Å². The van der Waals surface area contributed by atoms with Crippen LogP contribution in [-0.4, -0.2) is 27.5 Å². The summed E-state index contributed by atoms with van der Waals surface area (Å²) in [4.78, 5) is 0. The molecule has 0 aliphatic carbocycles. The van der Waals surface area contributed by atoms with Gasteiger partial charge in [0.15, 0.2) is 0 Å². The number of piperidine rings is 1. The Bertz CT molecular complexity index is 444. The summed E-state index contributed by atoms with van der Waals surface area (Å²) in [6, 6.07) is 0.0722. The van der Waals surface area contributed by atoms with E-state index in [0.29, 0.717) is 11.1 Å². The van der Waals surface area contributed by atoms with Gasteiger partial charge in [-0.3, -0.25) is 4.68 Å². The Morgan fingerprint density at radius 2 is 2.16 bits per heavy atom. The molecule has 1 fully saturated rings. The van der Waals surface area contributed by atoms with E-state index < -0.39 is 6.10 Å². The fourth-order valence-electron chi connectivity index (χ4n) is 2.83. The molecule has 0 bridgehead atoms. The van der Waals surface area contributed by atoms with Crippen LogP contribution in [0.5, 0.6) is 0 Å². The number of aromatic nitrogens is 2. The molecule has 0 saturated carbocycles. The highest BCUT2D eigenvalue weighted by Gasteiger charge is 2.31. The Morgan fingerprint density at radius 1 is 1.47 bits per heavy atom. The SMILES string of the molecule is CC1CCNC(C(O)c2c(C(C)C)nn(C)c2Cl)C1. The first kappa shape index (κ1) is 14.8. The molecule has 1 aromatic heterocycles. The second-order valence-corrected chi connectivity index (χ2v) is 6.36. The third-order valence-electron chi connectivity index (χ3n) is 3.96. The Hall–Kier alpha value is -0.580. The molecule has 5 heteroatoms. The van der Waals surface area contributed by atoms with Crippen LogP contribution >= 0.6 is 11.6 Å². The van der Waals surface area contributed by atoms with Gasteiger partial charge in [0.2, 0.25) is 0 Å². The van der Waals surface area contributed by atoms with Gasteiger partial charge in [-0.05, 0) is 31.2 Å². The van der Waals surface area contributed by atoms with Gasteiger partial charge in [-0.2, -0.15) is 5.10 Å². The standard InChI is InChI=1S/C14H24ClN3O/c1-8(2)12-11(14(15)18(4)17-12)13(19)10-7-9(3)5-6-16-10/h8-10,13,16,19H,5-7H2,1-4H3. The van der Waals surface area contributed by atoms with Crippen molar-refractivity contribution < 1.29 is 5.11 Å². The first-order valence-corrected chi connectivity index (χ1v) is 7.43. The van der Waals surface area contributed by atoms with Crippen molar-refractivity contribution in [3.63, 3.8) is 0 Å². The van der Waals surface area contributed by atoms with Crippen molar-refractivity contribution in [1.29, 1.82) is 0 Å². The van der Waals surface area contributed by atoms with Crippen LogP contribution in [0.15, 0.2) is 0 Å². The lowest BCUT2D eigenvalue weighted by molar-refractivity contribution is 0.100. The minimum atomic E-state index is -0.582. The molecular weight excluding hydrogens is 262 g/mol. The highest BCUT2D eigenvalue weighted by atomic mass is 35.5. The molecule has 3 atom stereocenters. The van der Waals surface area contributed by atoms with Crippen molar-refractivity contribution in [2.24, 2.45) is 13.0 Å². The highest BCUT2D eigenvalue weighted by Crippen LogP contribution is 2.34. The predicted octanol–water partition coefficient (Wildman–Crippen LogP) is 2.62. The van der Waals surface area contributed by atoms with Gasteiger partial charge in [0.1, 0.15) is 5.15 Å². The zero-order valence-electron chi connectivity index (χ0n) is 12.2. The zero-order chi connectivity index (χ0) is 14.2. The van der Waals surface area contributed by atoms with Crippen LogP contribution in [0, 0.1) is 5.92 Å². The van der Waals surface area contributed by atoms with Crippen LogP contribution in [0.3, 0.4) is 0 Å². The fraction of sp³-hybridized carbons (Fsp3) is 0.786. The first-order valence-electron chi connectivity index (χ1n) is 7.05. The average Bonchev–Trinajstić information content (AvgIpc) is 2.65. The summed E-state index contributed by atoms with van der Waals surface area (Å²) in [7, 11) is 1.82. The molecule has 2 heterocycles. The first-order chi connectivity index (χ1) is 8.91. The number of nitrogens with one attached hydrogen (secondary N) is 1. The molecule has 1 aliphatic heterocycles. The number of nitrogens with zero attached hydrogens (tertiary/aromatic N) is 2. The third kappa shape index (κ3) is 2.96. The van der Waals surface area contributed by atoms with Crippen molar-refractivity contribution in [2.75, 3.05) is 6.54 Å². The number of aliphatic hydroxyl groups excluding tert-OH is 1. The van der Waals surface area contributed by atoms with Crippen LogP contribution in [-0.2, 0) is 7.05 Å². The fourth-order valence-corrected chi connectivity index (χ4v) is 3.08. The lowest BCUT2D eigenvalue weighted by Crippen LogP contribution is -2.41. The summed E-state index contributed by atoms with van der Waals surface area (Å²) in [5.74, 6) is 0.892. The topological polar surface area (TPSA) is 50.1 Å². The number of halogens is 1. The van der Waals surface area contributed by atoms with E-state index in [0.717, 1.165) is 24.2 Å². The number of hydrogen-bond donors (Lipinski definition) is 2. The van der Waals surface area contributed by atoms with Crippen LogP contribution in [0.4, 0.5) is 0 Å². The average molecular weight is 286 g/mol. The number of hydrogen-bond acceptors (Lipinski definition) is 3. The molecule has 0 aromatic carbocycles. The largest absolute Gasteiger partial charge is 0.387 e. The maximum absolute atomic E-state index is 10.7. The summed E-state index contributed by atoms with van der Waals surface area (Å²) >= 11 is 6.32. The molecule has 1 aromatic rings. The normalized spacial score (nSPS) is 25.8. The minimum Gasteiger partial charge on any atom is -0.387 e. The Balaban J connectivity index is 2.29. The van der Waals surface area contributed by atoms with Gasteiger partial charge in [-0.25, -0.2) is 0 Å². The summed E-state index contributed by atoms with van der Waals surface area (Å²) in [5, 5.41) is 19.1. The Morgan fingerprint density at radius 3 is 2.74 bits per heavy atom. The summed E-state index contributed by atoms with van der Waals surface area (Å²) < 4.78 is 1.65. The number of aryl methyl sites for hydroxylation is 1. The van der Waals surface area contributed by atoms with E-state index in [2.05, 4.69) is 31.2 Å². The van der Waals surface area contributed by atoms with Gasteiger partial charge < -0.3 is 10.4 Å². The molecule has 2 N–H and O–H groups in total. The van der Waals surface area contributed by atoms with Gasteiger partial charge in [-0.15, -0.1) is 0 Å². The van der Waals surface area contributed by atoms with Crippen LogP contribution < -0.4 is 5.32 Å².